The Labute approximate surface area is 134 Å². The first kappa shape index (κ1) is 14.7. The maximum absolute atomic E-state index is 11.9. The van der Waals surface area contributed by atoms with E-state index < -0.39 is 0 Å². The van der Waals surface area contributed by atoms with Gasteiger partial charge >= 0.3 is 0 Å². The summed E-state index contributed by atoms with van der Waals surface area (Å²) in [6.07, 6.45) is 1.64. The van der Waals surface area contributed by atoms with E-state index in [0.29, 0.717) is 10.3 Å². The van der Waals surface area contributed by atoms with Crippen LogP contribution in [0.5, 0.6) is 0 Å². The van der Waals surface area contributed by atoms with E-state index in [0.717, 1.165) is 11.3 Å². The molecule has 3 aromatic rings. The number of hydrogen-bond acceptors (Lipinski definition) is 7. The lowest BCUT2D eigenvalue weighted by Crippen LogP contribution is -2.14. The van der Waals surface area contributed by atoms with Crippen LogP contribution in [0.2, 0.25) is 0 Å². The third kappa shape index (κ3) is 3.49. The van der Waals surface area contributed by atoms with E-state index in [9.17, 15) is 4.79 Å². The summed E-state index contributed by atoms with van der Waals surface area (Å²) < 4.78 is 1.61. The van der Waals surface area contributed by atoms with Gasteiger partial charge in [-0.1, -0.05) is 29.5 Å². The second kappa shape index (κ2) is 6.67. The number of aryl methyl sites for hydroxylation is 1. The Morgan fingerprint density at radius 3 is 2.91 bits per heavy atom. The standard InChI is InChI=1S/C13H12N6OS2/c1-9-2-4-10(5-3-9)19-13(16-17-18-19)22-8-11(20)15-12-14-6-7-21-12/h2-7H,8H2,1H3,(H,14,15,20). The van der Waals surface area contributed by atoms with Gasteiger partial charge in [0.15, 0.2) is 5.13 Å². The van der Waals surface area contributed by atoms with Crippen molar-refractivity contribution in [1.82, 2.24) is 25.2 Å². The maximum Gasteiger partial charge on any atom is 0.236 e. The van der Waals surface area contributed by atoms with Gasteiger partial charge in [0.2, 0.25) is 11.1 Å². The smallest absolute Gasteiger partial charge is 0.236 e. The zero-order valence-corrected chi connectivity index (χ0v) is 13.3. The molecule has 3 rings (SSSR count). The Hall–Kier alpha value is -2.26. The molecule has 1 amide bonds. The molecule has 2 aromatic heterocycles. The number of hydrogen-bond donors (Lipinski definition) is 1. The van der Waals surface area contributed by atoms with Crippen LogP contribution in [0.1, 0.15) is 5.56 Å². The van der Waals surface area contributed by atoms with Crippen LogP contribution in [0.4, 0.5) is 5.13 Å². The summed E-state index contributed by atoms with van der Waals surface area (Å²) in [6.45, 7) is 2.02. The molecule has 1 N–H and O–H groups in total. The van der Waals surface area contributed by atoms with Gasteiger partial charge < -0.3 is 5.32 Å². The molecule has 0 bridgehead atoms. The monoisotopic (exact) mass is 332 g/mol. The van der Waals surface area contributed by atoms with E-state index in [2.05, 4.69) is 25.8 Å². The number of anilines is 1. The molecule has 0 spiro atoms. The van der Waals surface area contributed by atoms with Crippen molar-refractivity contribution in [3.05, 3.63) is 41.4 Å². The molecule has 0 fully saturated rings. The minimum atomic E-state index is -0.140. The van der Waals surface area contributed by atoms with Crippen molar-refractivity contribution >= 4 is 34.1 Å². The van der Waals surface area contributed by atoms with Gasteiger partial charge in [-0.05, 0) is 29.5 Å². The Morgan fingerprint density at radius 2 is 2.18 bits per heavy atom. The largest absolute Gasteiger partial charge is 0.301 e. The molecule has 0 aliphatic rings. The number of carbonyl (C=O) groups is 1. The fourth-order valence-electron chi connectivity index (χ4n) is 1.69. The topological polar surface area (TPSA) is 85.6 Å². The zero-order chi connectivity index (χ0) is 15.4. The quantitative estimate of drug-likeness (QED) is 0.721. The third-order valence-electron chi connectivity index (χ3n) is 2.73. The molecule has 9 heteroatoms. The molecule has 0 saturated carbocycles. The van der Waals surface area contributed by atoms with Crippen molar-refractivity contribution in [3.8, 4) is 5.69 Å². The minimum absolute atomic E-state index is 0.140. The first-order valence-corrected chi connectivity index (χ1v) is 8.26. The van der Waals surface area contributed by atoms with Crippen LogP contribution in [0.3, 0.4) is 0 Å². The molecule has 0 aliphatic heterocycles. The van der Waals surface area contributed by atoms with Crippen LogP contribution in [0.15, 0.2) is 41.0 Å². The number of tetrazole rings is 1. The zero-order valence-electron chi connectivity index (χ0n) is 11.6. The van der Waals surface area contributed by atoms with Gasteiger partial charge in [0, 0.05) is 11.6 Å². The molecule has 0 atom stereocenters. The number of amides is 1. The molecule has 7 nitrogen and oxygen atoms in total. The summed E-state index contributed by atoms with van der Waals surface area (Å²) >= 11 is 2.65. The lowest BCUT2D eigenvalue weighted by molar-refractivity contribution is -0.113. The van der Waals surface area contributed by atoms with Crippen LogP contribution in [-0.2, 0) is 4.79 Å². The van der Waals surface area contributed by atoms with Crippen molar-refractivity contribution in [2.45, 2.75) is 12.1 Å². The van der Waals surface area contributed by atoms with Crippen LogP contribution in [-0.4, -0.2) is 36.9 Å². The van der Waals surface area contributed by atoms with Gasteiger partial charge in [0.05, 0.1) is 11.4 Å². The predicted octanol–water partition coefficient (Wildman–Crippen LogP) is 2.16. The molecular formula is C13H12N6OS2. The molecule has 0 unspecified atom stereocenters. The first-order valence-electron chi connectivity index (χ1n) is 6.40. The number of nitrogens with one attached hydrogen (secondary N) is 1. The normalized spacial score (nSPS) is 10.6. The summed E-state index contributed by atoms with van der Waals surface area (Å²) in [5, 5.41) is 17.3. The van der Waals surface area contributed by atoms with E-state index in [4.69, 9.17) is 0 Å². The van der Waals surface area contributed by atoms with Gasteiger partial charge in [-0.15, -0.1) is 16.4 Å². The number of benzene rings is 1. The van der Waals surface area contributed by atoms with Crippen molar-refractivity contribution in [1.29, 1.82) is 0 Å². The lowest BCUT2D eigenvalue weighted by Gasteiger charge is -2.04. The number of carbonyl (C=O) groups excluding carboxylic acids is 1. The Bertz CT molecular complexity index is 753. The van der Waals surface area contributed by atoms with Crippen LogP contribution in [0.25, 0.3) is 5.69 Å². The summed E-state index contributed by atoms with van der Waals surface area (Å²) in [5.74, 6) is 0.0737. The van der Waals surface area contributed by atoms with Crippen molar-refractivity contribution in [2.24, 2.45) is 0 Å². The molecule has 2 heterocycles. The average molecular weight is 332 g/mol. The Morgan fingerprint density at radius 1 is 1.36 bits per heavy atom. The number of nitrogens with zero attached hydrogens (tertiary/aromatic N) is 5. The second-order valence-corrected chi connectivity index (χ2v) is 6.22. The van der Waals surface area contributed by atoms with Gasteiger partial charge in [0.1, 0.15) is 0 Å². The maximum atomic E-state index is 11.9. The fraction of sp³-hybridized carbons (Fsp3) is 0.154. The molecule has 1 aromatic carbocycles. The summed E-state index contributed by atoms with van der Waals surface area (Å²) in [7, 11) is 0. The Kier molecular flexibility index (Phi) is 4.45. The molecule has 0 saturated heterocycles. The van der Waals surface area contributed by atoms with Crippen LogP contribution >= 0.6 is 23.1 Å². The van der Waals surface area contributed by atoms with E-state index in [-0.39, 0.29) is 11.7 Å². The van der Waals surface area contributed by atoms with E-state index in [1.165, 1.54) is 23.1 Å². The highest BCUT2D eigenvalue weighted by Gasteiger charge is 2.12. The van der Waals surface area contributed by atoms with Crippen molar-refractivity contribution < 1.29 is 4.79 Å². The van der Waals surface area contributed by atoms with E-state index in [1.807, 2.05) is 31.2 Å². The molecule has 112 valence electrons. The van der Waals surface area contributed by atoms with Crippen LogP contribution in [0, 0.1) is 6.92 Å². The average Bonchev–Trinajstić information content (AvgIpc) is 3.17. The van der Waals surface area contributed by atoms with Gasteiger partial charge in [0.25, 0.3) is 0 Å². The highest BCUT2D eigenvalue weighted by Crippen LogP contribution is 2.19. The Balaban J connectivity index is 1.65. The second-order valence-electron chi connectivity index (χ2n) is 4.38. The van der Waals surface area contributed by atoms with Crippen molar-refractivity contribution in [2.75, 3.05) is 11.1 Å². The SMILES string of the molecule is Cc1ccc(-n2nnnc2SCC(=O)Nc2nccs2)cc1. The highest BCUT2D eigenvalue weighted by molar-refractivity contribution is 7.99. The molecule has 0 radical (unpaired) electrons. The van der Waals surface area contributed by atoms with E-state index >= 15 is 0 Å². The van der Waals surface area contributed by atoms with Crippen molar-refractivity contribution in [3.63, 3.8) is 0 Å². The summed E-state index contributed by atoms with van der Waals surface area (Å²) in [5.41, 5.74) is 2.02. The lowest BCUT2D eigenvalue weighted by atomic mass is 10.2. The molecule has 0 aliphatic carbocycles. The van der Waals surface area contributed by atoms with E-state index in [1.54, 1.807) is 16.3 Å². The number of thiazole rings is 1. The van der Waals surface area contributed by atoms with Gasteiger partial charge in [-0.25, -0.2) is 4.98 Å². The first-order chi connectivity index (χ1) is 10.7. The minimum Gasteiger partial charge on any atom is -0.301 e. The number of rotatable bonds is 5. The summed E-state index contributed by atoms with van der Waals surface area (Å²) in [4.78, 5) is 15.9. The number of thioether (sulfide) groups is 1. The molecule has 22 heavy (non-hydrogen) atoms. The highest BCUT2D eigenvalue weighted by atomic mass is 32.2. The van der Waals surface area contributed by atoms with Gasteiger partial charge in [-0.2, -0.15) is 4.68 Å². The fourth-order valence-corrected chi connectivity index (χ4v) is 2.92. The number of aromatic nitrogens is 5. The molecular weight excluding hydrogens is 320 g/mol. The predicted molar refractivity (Wildman–Crippen MR) is 85.4 cm³/mol. The van der Waals surface area contributed by atoms with Gasteiger partial charge in [-0.3, -0.25) is 4.79 Å². The van der Waals surface area contributed by atoms with Crippen LogP contribution < -0.4 is 5.32 Å². The summed E-state index contributed by atoms with van der Waals surface area (Å²) in [6, 6.07) is 7.85. The third-order valence-corrected chi connectivity index (χ3v) is 4.34.